The summed E-state index contributed by atoms with van der Waals surface area (Å²) in [5.74, 6) is 2.43. The van der Waals surface area contributed by atoms with Crippen LogP contribution in [0.25, 0.3) is 0 Å². The van der Waals surface area contributed by atoms with Gasteiger partial charge in [0, 0.05) is 13.0 Å². The number of rotatable bonds is 9. The smallest absolute Gasteiger partial charge is 0.242 e. The van der Waals surface area contributed by atoms with Crippen LogP contribution in [0.5, 0.6) is 5.88 Å². The maximum absolute atomic E-state index is 6.09. The summed E-state index contributed by atoms with van der Waals surface area (Å²) in [5, 5.41) is 3.30. The molecule has 0 saturated carbocycles. The Labute approximate surface area is 128 Å². The first kappa shape index (κ1) is 17.5. The van der Waals surface area contributed by atoms with E-state index in [-0.39, 0.29) is 0 Å². The zero-order chi connectivity index (χ0) is 15.8. The number of anilines is 2. The molecule has 0 unspecified atom stereocenters. The Kier molecular flexibility index (Phi) is 7.22. The number of nitrogen functional groups attached to an aromatic ring is 1. The molecule has 6 heteroatoms. The molecule has 0 aliphatic carbocycles. The van der Waals surface area contributed by atoms with E-state index in [0.717, 1.165) is 31.8 Å². The average Bonchev–Trinajstić information content (AvgIpc) is 2.38. The summed E-state index contributed by atoms with van der Waals surface area (Å²) in [6, 6.07) is 0. The van der Waals surface area contributed by atoms with Crippen molar-refractivity contribution in [2.45, 2.75) is 33.6 Å². The molecule has 1 aromatic heterocycles. The van der Waals surface area contributed by atoms with Gasteiger partial charge in [0.2, 0.25) is 5.88 Å². The third-order valence-corrected chi connectivity index (χ3v) is 2.90. The van der Waals surface area contributed by atoms with Crippen molar-refractivity contribution in [3.05, 3.63) is 5.82 Å². The fraction of sp³-hybridized carbons (Fsp3) is 0.733. The molecule has 0 aliphatic rings. The van der Waals surface area contributed by atoms with Crippen LogP contribution < -0.4 is 15.8 Å². The van der Waals surface area contributed by atoms with Gasteiger partial charge < -0.3 is 20.7 Å². The Morgan fingerprint density at radius 2 is 2.00 bits per heavy atom. The zero-order valence-electron chi connectivity index (χ0n) is 13.9. The van der Waals surface area contributed by atoms with Crippen LogP contribution in [-0.4, -0.2) is 48.7 Å². The molecule has 0 atom stereocenters. The second kappa shape index (κ2) is 8.67. The fourth-order valence-electron chi connectivity index (χ4n) is 1.93. The minimum atomic E-state index is 0.484. The van der Waals surface area contributed by atoms with Crippen LogP contribution in [0, 0.1) is 5.92 Å². The monoisotopic (exact) mass is 295 g/mol. The zero-order valence-corrected chi connectivity index (χ0v) is 13.9. The Bertz CT molecular complexity index is 434. The lowest BCUT2D eigenvalue weighted by Crippen LogP contribution is -2.18. The molecule has 0 radical (unpaired) electrons. The highest BCUT2D eigenvalue weighted by Gasteiger charge is 2.13. The van der Waals surface area contributed by atoms with Gasteiger partial charge in [-0.15, -0.1) is 0 Å². The molecule has 6 nitrogen and oxygen atoms in total. The van der Waals surface area contributed by atoms with Gasteiger partial charge in [0.15, 0.2) is 5.82 Å². The van der Waals surface area contributed by atoms with Gasteiger partial charge in [-0.25, -0.2) is 4.98 Å². The van der Waals surface area contributed by atoms with Crippen LogP contribution in [-0.2, 0) is 6.42 Å². The summed E-state index contributed by atoms with van der Waals surface area (Å²) < 4.78 is 5.52. The van der Waals surface area contributed by atoms with E-state index in [2.05, 4.69) is 48.1 Å². The quantitative estimate of drug-likeness (QED) is 0.679. The Hall–Kier alpha value is -1.56. The first-order chi connectivity index (χ1) is 9.93. The van der Waals surface area contributed by atoms with Crippen LogP contribution in [0.4, 0.5) is 11.5 Å². The van der Waals surface area contributed by atoms with Crippen molar-refractivity contribution in [2.24, 2.45) is 5.92 Å². The predicted octanol–water partition coefficient (Wildman–Crippen LogP) is 2.02. The Morgan fingerprint density at radius 3 is 2.57 bits per heavy atom. The van der Waals surface area contributed by atoms with E-state index in [1.807, 2.05) is 6.92 Å². The van der Waals surface area contributed by atoms with Gasteiger partial charge in [-0.3, -0.25) is 0 Å². The summed E-state index contributed by atoms with van der Waals surface area (Å²) in [4.78, 5) is 11.1. The molecule has 1 heterocycles. The number of aromatic nitrogens is 2. The molecule has 0 amide bonds. The predicted molar refractivity (Wildman–Crippen MR) is 87.8 cm³/mol. The number of hydrogen-bond donors (Lipinski definition) is 2. The standard InChI is InChI=1S/C15H29N5O/c1-6-21-15-13(16)14(17-8-7-9-20(4)5)18-12(19-15)10-11(2)3/h11H,6-10,16H2,1-5H3,(H,17,18,19). The van der Waals surface area contributed by atoms with Crippen LogP contribution in [0.15, 0.2) is 0 Å². The van der Waals surface area contributed by atoms with Gasteiger partial charge in [0.1, 0.15) is 11.5 Å². The maximum atomic E-state index is 6.09. The summed E-state index contributed by atoms with van der Waals surface area (Å²) in [5.41, 5.74) is 6.58. The summed E-state index contributed by atoms with van der Waals surface area (Å²) in [6.45, 7) is 8.60. The van der Waals surface area contributed by atoms with Gasteiger partial charge in [0.05, 0.1) is 6.61 Å². The molecule has 21 heavy (non-hydrogen) atoms. The Morgan fingerprint density at radius 1 is 1.29 bits per heavy atom. The second-order valence-corrected chi connectivity index (χ2v) is 5.82. The highest BCUT2D eigenvalue weighted by Crippen LogP contribution is 2.26. The topological polar surface area (TPSA) is 76.3 Å². The maximum Gasteiger partial charge on any atom is 0.242 e. The minimum Gasteiger partial charge on any atom is -0.476 e. The lowest BCUT2D eigenvalue weighted by molar-refractivity contribution is 0.326. The number of hydrogen-bond acceptors (Lipinski definition) is 6. The molecule has 0 bridgehead atoms. The number of ether oxygens (including phenoxy) is 1. The molecular formula is C15H29N5O. The van der Waals surface area contributed by atoms with E-state index in [1.54, 1.807) is 0 Å². The van der Waals surface area contributed by atoms with Crippen molar-refractivity contribution >= 4 is 11.5 Å². The molecule has 0 fully saturated rings. The number of nitrogens with zero attached hydrogens (tertiary/aromatic N) is 3. The fourth-order valence-corrected chi connectivity index (χ4v) is 1.93. The van der Waals surface area contributed by atoms with Gasteiger partial charge in [0.25, 0.3) is 0 Å². The molecule has 0 aliphatic heterocycles. The highest BCUT2D eigenvalue weighted by molar-refractivity contribution is 5.66. The van der Waals surface area contributed by atoms with Crippen LogP contribution >= 0.6 is 0 Å². The summed E-state index contributed by atoms with van der Waals surface area (Å²) in [7, 11) is 4.12. The second-order valence-electron chi connectivity index (χ2n) is 5.82. The average molecular weight is 295 g/mol. The molecule has 1 aromatic rings. The van der Waals surface area contributed by atoms with Crippen molar-refractivity contribution in [3.8, 4) is 5.88 Å². The van der Waals surface area contributed by atoms with Crippen LogP contribution in [0.1, 0.15) is 33.0 Å². The lowest BCUT2D eigenvalue weighted by Gasteiger charge is -2.15. The van der Waals surface area contributed by atoms with E-state index in [1.165, 1.54) is 0 Å². The molecule has 0 aromatic carbocycles. The molecule has 3 N–H and O–H groups in total. The van der Waals surface area contributed by atoms with Crippen molar-refractivity contribution in [2.75, 3.05) is 44.8 Å². The largest absolute Gasteiger partial charge is 0.476 e. The number of nitrogens with one attached hydrogen (secondary N) is 1. The number of nitrogens with two attached hydrogens (primary N) is 1. The van der Waals surface area contributed by atoms with Crippen molar-refractivity contribution in [1.29, 1.82) is 0 Å². The summed E-state index contributed by atoms with van der Waals surface area (Å²) >= 11 is 0. The molecular weight excluding hydrogens is 266 g/mol. The first-order valence-corrected chi connectivity index (χ1v) is 7.61. The van der Waals surface area contributed by atoms with Crippen molar-refractivity contribution in [3.63, 3.8) is 0 Å². The van der Waals surface area contributed by atoms with E-state index < -0.39 is 0 Å². The molecule has 120 valence electrons. The molecule has 0 spiro atoms. The Balaban J connectivity index is 2.81. The van der Waals surface area contributed by atoms with Crippen molar-refractivity contribution < 1.29 is 4.74 Å². The first-order valence-electron chi connectivity index (χ1n) is 7.61. The van der Waals surface area contributed by atoms with Crippen molar-refractivity contribution in [1.82, 2.24) is 14.9 Å². The normalized spacial score (nSPS) is 11.2. The molecule has 0 saturated heterocycles. The van der Waals surface area contributed by atoms with Crippen LogP contribution in [0.2, 0.25) is 0 Å². The van der Waals surface area contributed by atoms with Gasteiger partial charge >= 0.3 is 0 Å². The third kappa shape index (κ3) is 6.16. The SMILES string of the molecule is CCOc1nc(CC(C)C)nc(NCCCN(C)C)c1N. The van der Waals surface area contributed by atoms with E-state index in [4.69, 9.17) is 10.5 Å². The van der Waals surface area contributed by atoms with Crippen LogP contribution in [0.3, 0.4) is 0 Å². The molecule has 1 rings (SSSR count). The highest BCUT2D eigenvalue weighted by atomic mass is 16.5. The van der Waals surface area contributed by atoms with E-state index >= 15 is 0 Å². The van der Waals surface area contributed by atoms with Gasteiger partial charge in [-0.05, 0) is 39.9 Å². The van der Waals surface area contributed by atoms with E-state index in [0.29, 0.717) is 29.9 Å². The third-order valence-electron chi connectivity index (χ3n) is 2.90. The summed E-state index contributed by atoms with van der Waals surface area (Å²) in [6.07, 6.45) is 1.84. The van der Waals surface area contributed by atoms with E-state index in [9.17, 15) is 0 Å². The minimum absolute atomic E-state index is 0.484. The van der Waals surface area contributed by atoms with Gasteiger partial charge in [-0.2, -0.15) is 4.98 Å². The van der Waals surface area contributed by atoms with Gasteiger partial charge in [-0.1, -0.05) is 13.8 Å². The lowest BCUT2D eigenvalue weighted by atomic mass is 10.1.